The second-order valence-corrected chi connectivity index (χ2v) is 23.6. The maximum atomic E-state index is 6.57. The van der Waals surface area contributed by atoms with E-state index in [4.69, 9.17) is 8.83 Å². The summed E-state index contributed by atoms with van der Waals surface area (Å²) >= 11 is 0. The molecule has 0 atom stereocenters. The van der Waals surface area contributed by atoms with Crippen LogP contribution in [-0.2, 0) is 10.8 Å². The lowest BCUT2D eigenvalue weighted by Gasteiger charge is -2.30. The van der Waals surface area contributed by atoms with Crippen LogP contribution in [0.4, 0.5) is 17.1 Å². The third-order valence-corrected chi connectivity index (χ3v) is 18.4. The van der Waals surface area contributed by atoms with Crippen molar-refractivity contribution in [2.24, 2.45) is 0 Å². The summed E-state index contributed by atoms with van der Waals surface area (Å²) in [5.74, 6) is 0. The molecule has 3 heterocycles. The first-order valence-electron chi connectivity index (χ1n) is 28.6. The van der Waals surface area contributed by atoms with Gasteiger partial charge in [-0.05, 0) is 152 Å². The van der Waals surface area contributed by atoms with E-state index in [-0.39, 0.29) is 10.8 Å². The minimum atomic E-state index is -0.286. The van der Waals surface area contributed by atoms with E-state index in [1.165, 1.54) is 71.9 Å². The first-order chi connectivity index (χ1) is 40.2. The molecule has 17 rings (SSSR count). The number of hydrogen-bond acceptors (Lipinski definition) is 3. The monoisotopic (exact) mass is 1050 g/mol. The van der Waals surface area contributed by atoms with Crippen molar-refractivity contribution < 1.29 is 8.83 Å². The van der Waals surface area contributed by atoms with E-state index in [1.807, 2.05) is 12.1 Å². The van der Waals surface area contributed by atoms with Gasteiger partial charge in [0.05, 0.1) is 11.0 Å². The maximum Gasteiger partial charge on any atom is 0.143 e. The van der Waals surface area contributed by atoms with Gasteiger partial charge in [0.2, 0.25) is 0 Å². The Labute approximate surface area is 475 Å². The third-order valence-electron chi connectivity index (χ3n) is 18.4. The lowest BCUT2D eigenvalue weighted by molar-refractivity contribution is 0.659. The molecule has 0 N–H and O–H groups in total. The molecule has 0 amide bonds. The molecule has 0 saturated carbocycles. The molecule has 82 heavy (non-hydrogen) atoms. The predicted molar refractivity (Wildman–Crippen MR) is 341 cm³/mol. The van der Waals surface area contributed by atoms with E-state index < -0.39 is 0 Å². The summed E-state index contributed by atoms with van der Waals surface area (Å²) in [6.07, 6.45) is 0. The summed E-state index contributed by atoms with van der Waals surface area (Å²) in [6.45, 7) is 9.54. The Balaban J connectivity index is 0.763. The van der Waals surface area contributed by atoms with Gasteiger partial charge in [-0.1, -0.05) is 198 Å². The van der Waals surface area contributed by atoms with Gasteiger partial charge in [-0.15, -0.1) is 0 Å². The maximum absolute atomic E-state index is 6.57. The fourth-order valence-corrected chi connectivity index (χ4v) is 14.3. The molecule has 0 saturated heterocycles. The normalized spacial score (nSPS) is 13.8. The SMILES string of the molecule is CC1(C)c2cc(-c3cccc4c3oc3ccccc34)ccc2-c2ccc(N(c3ccc(-c4ccc(-n5c6ccccc6c6ccccc65)cc4)cc3)c3ccc4c(c3)C(C)(C)c3cc(-c5cccc6c5oc5ccccc56)ccc3-4)cc21. The van der Waals surface area contributed by atoms with Crippen LogP contribution in [0.3, 0.4) is 0 Å². The highest BCUT2D eigenvalue weighted by Gasteiger charge is 2.39. The topological polar surface area (TPSA) is 34.5 Å². The van der Waals surface area contributed by atoms with Crippen molar-refractivity contribution in [1.29, 1.82) is 0 Å². The molecule has 0 radical (unpaired) electrons. The molecule has 388 valence electrons. The quantitative estimate of drug-likeness (QED) is 0.160. The molecular weight excluding hydrogens is 997 g/mol. The highest BCUT2D eigenvalue weighted by Crippen LogP contribution is 2.55. The molecule has 0 aliphatic heterocycles. The van der Waals surface area contributed by atoms with Crippen LogP contribution in [0.1, 0.15) is 49.9 Å². The predicted octanol–water partition coefficient (Wildman–Crippen LogP) is 21.7. The highest BCUT2D eigenvalue weighted by atomic mass is 16.3. The summed E-state index contributed by atoms with van der Waals surface area (Å²) in [5.41, 5.74) is 27.2. The fraction of sp³-hybridized carbons (Fsp3) is 0.0769. The van der Waals surface area contributed by atoms with Crippen molar-refractivity contribution in [2.75, 3.05) is 4.90 Å². The molecule has 4 heteroatoms. The standard InChI is InChI=1S/C78H54N2O2/c1-77(2)67-43-49(55-19-13-21-65-63-17-7-11-25-73(63)81-75(55)65)31-39-57(67)59-41-37-53(45-69(59)77)79(51-33-27-47(28-34-51)48-29-35-52(36-30-48)80-71-23-9-5-15-61(71)62-16-6-10-24-72(62)80)54-38-42-60-58-40-32-50(44-68(58)78(3,4)70(60)46-54)56-20-14-22-66-64-18-8-12-26-74(64)82-76(56)66/h5-46H,1-4H3. The Kier molecular flexibility index (Phi) is 9.79. The van der Waals surface area contributed by atoms with E-state index in [0.717, 1.165) is 94.4 Å². The first kappa shape index (κ1) is 46.7. The van der Waals surface area contributed by atoms with Crippen molar-refractivity contribution in [2.45, 2.75) is 38.5 Å². The van der Waals surface area contributed by atoms with E-state index in [0.29, 0.717) is 0 Å². The number of aromatic nitrogens is 1. The van der Waals surface area contributed by atoms with E-state index >= 15 is 0 Å². The van der Waals surface area contributed by atoms with Crippen LogP contribution in [0.2, 0.25) is 0 Å². The summed E-state index contributed by atoms with van der Waals surface area (Å²) < 4.78 is 15.5. The number of hydrogen-bond donors (Lipinski definition) is 0. The molecule has 15 aromatic rings. The summed E-state index contributed by atoms with van der Waals surface area (Å²) in [5, 5.41) is 7.10. The average Bonchev–Trinajstić information content (AvgIpc) is 4.40. The molecule has 0 unspecified atom stereocenters. The molecule has 0 bridgehead atoms. The lowest BCUT2D eigenvalue weighted by atomic mass is 9.81. The Bertz CT molecular complexity index is 4880. The third kappa shape index (κ3) is 6.73. The van der Waals surface area contributed by atoms with Gasteiger partial charge in [0.15, 0.2) is 0 Å². The van der Waals surface area contributed by atoms with Crippen LogP contribution in [0, 0.1) is 0 Å². The molecule has 4 nitrogen and oxygen atoms in total. The van der Waals surface area contributed by atoms with Crippen LogP contribution >= 0.6 is 0 Å². The van der Waals surface area contributed by atoms with Crippen molar-refractivity contribution in [3.63, 3.8) is 0 Å². The number of anilines is 3. The van der Waals surface area contributed by atoms with Crippen molar-refractivity contribution in [1.82, 2.24) is 4.57 Å². The second-order valence-electron chi connectivity index (χ2n) is 23.6. The fourth-order valence-electron chi connectivity index (χ4n) is 14.3. The first-order valence-corrected chi connectivity index (χ1v) is 28.6. The zero-order valence-electron chi connectivity index (χ0n) is 46.0. The summed E-state index contributed by atoms with van der Waals surface area (Å²) in [7, 11) is 0. The van der Waals surface area contributed by atoms with E-state index in [2.05, 4.69) is 280 Å². The van der Waals surface area contributed by atoms with Crippen molar-refractivity contribution in [3.8, 4) is 61.3 Å². The van der Waals surface area contributed by atoms with Crippen LogP contribution in [0.5, 0.6) is 0 Å². The molecule has 2 aliphatic rings. The average molecular weight is 1050 g/mol. The number of nitrogens with zero attached hydrogens (tertiary/aromatic N) is 2. The Morgan fingerprint density at radius 1 is 0.293 bits per heavy atom. The molecule has 3 aromatic heterocycles. The Hall–Kier alpha value is -10.2. The molecule has 2 aliphatic carbocycles. The minimum absolute atomic E-state index is 0.286. The largest absolute Gasteiger partial charge is 0.455 e. The van der Waals surface area contributed by atoms with E-state index in [1.54, 1.807) is 0 Å². The van der Waals surface area contributed by atoms with Crippen molar-refractivity contribution in [3.05, 3.63) is 277 Å². The molecule has 12 aromatic carbocycles. The van der Waals surface area contributed by atoms with Crippen molar-refractivity contribution >= 4 is 82.7 Å². The van der Waals surface area contributed by atoms with Gasteiger partial charge in [0.1, 0.15) is 22.3 Å². The number of rotatable bonds is 7. The number of para-hydroxylation sites is 6. The number of furan rings is 2. The van der Waals surface area contributed by atoms with Crippen LogP contribution in [-0.4, -0.2) is 4.57 Å². The van der Waals surface area contributed by atoms with Gasteiger partial charge >= 0.3 is 0 Å². The van der Waals surface area contributed by atoms with Gasteiger partial charge in [0, 0.05) is 77.0 Å². The van der Waals surface area contributed by atoms with Gasteiger partial charge in [-0.3, -0.25) is 0 Å². The highest BCUT2D eigenvalue weighted by molar-refractivity contribution is 6.12. The second kappa shape index (κ2) is 17.2. The smallest absolute Gasteiger partial charge is 0.143 e. The Morgan fingerprint density at radius 3 is 1.13 bits per heavy atom. The van der Waals surface area contributed by atoms with Crippen LogP contribution in [0.25, 0.3) is 127 Å². The zero-order valence-corrected chi connectivity index (χ0v) is 46.0. The molecule has 0 spiro atoms. The van der Waals surface area contributed by atoms with Gasteiger partial charge in [0.25, 0.3) is 0 Å². The molecular formula is C78H54N2O2. The number of benzene rings is 12. The summed E-state index contributed by atoms with van der Waals surface area (Å²) in [6, 6.07) is 93.6. The van der Waals surface area contributed by atoms with E-state index in [9.17, 15) is 0 Å². The van der Waals surface area contributed by atoms with Gasteiger partial charge in [-0.25, -0.2) is 0 Å². The lowest BCUT2D eigenvalue weighted by Crippen LogP contribution is -2.18. The number of fused-ring (bicyclic) bond motifs is 15. The van der Waals surface area contributed by atoms with Gasteiger partial charge in [-0.2, -0.15) is 0 Å². The molecule has 0 fully saturated rings. The minimum Gasteiger partial charge on any atom is -0.455 e. The zero-order chi connectivity index (χ0) is 54.6. The summed E-state index contributed by atoms with van der Waals surface area (Å²) in [4.78, 5) is 2.47. The van der Waals surface area contributed by atoms with Crippen LogP contribution in [0.15, 0.2) is 264 Å². The van der Waals surface area contributed by atoms with Gasteiger partial charge < -0.3 is 18.3 Å². The Morgan fingerprint density at radius 2 is 0.659 bits per heavy atom. The van der Waals surface area contributed by atoms with Crippen LogP contribution < -0.4 is 4.90 Å².